The van der Waals surface area contributed by atoms with E-state index < -0.39 is 0 Å². The second-order valence-electron chi connectivity index (χ2n) is 5.84. The third-order valence-electron chi connectivity index (χ3n) is 3.70. The van der Waals surface area contributed by atoms with E-state index in [9.17, 15) is 0 Å². The van der Waals surface area contributed by atoms with Crippen LogP contribution in [-0.4, -0.2) is 49.2 Å². The van der Waals surface area contributed by atoms with Crippen molar-refractivity contribution in [3.05, 3.63) is 12.0 Å². The molecular weight excluding hydrogens is 240 g/mol. The number of hydrogen-bond donors (Lipinski definition) is 1. The Hall–Kier alpha value is -1.07. The Labute approximate surface area is 116 Å². The van der Waals surface area contributed by atoms with Gasteiger partial charge in [-0.1, -0.05) is 13.8 Å². The molecule has 0 saturated carbocycles. The van der Waals surface area contributed by atoms with Crippen LogP contribution >= 0.6 is 0 Å². The highest BCUT2D eigenvalue weighted by atomic mass is 16.4. The Morgan fingerprint density at radius 1 is 1.42 bits per heavy atom. The second kappa shape index (κ2) is 6.39. The molecule has 0 unspecified atom stereocenters. The molecule has 0 bridgehead atoms. The zero-order valence-electron chi connectivity index (χ0n) is 12.5. The minimum absolute atomic E-state index is 0.469. The van der Waals surface area contributed by atoms with Crippen LogP contribution in [0.25, 0.3) is 0 Å². The van der Waals surface area contributed by atoms with Gasteiger partial charge in [-0.15, -0.1) is 0 Å². The fourth-order valence-corrected chi connectivity index (χ4v) is 2.40. The van der Waals surface area contributed by atoms with E-state index >= 15 is 0 Å². The van der Waals surface area contributed by atoms with Gasteiger partial charge >= 0.3 is 0 Å². The van der Waals surface area contributed by atoms with Crippen LogP contribution < -0.4 is 10.2 Å². The van der Waals surface area contributed by atoms with E-state index in [0.717, 1.165) is 31.3 Å². The van der Waals surface area contributed by atoms with Gasteiger partial charge in [0.15, 0.2) is 0 Å². The van der Waals surface area contributed by atoms with E-state index in [1.54, 1.807) is 6.26 Å². The number of oxazole rings is 1. The molecule has 1 aromatic heterocycles. The van der Waals surface area contributed by atoms with Crippen LogP contribution in [0.2, 0.25) is 0 Å². The zero-order valence-corrected chi connectivity index (χ0v) is 12.5. The molecule has 1 saturated heterocycles. The molecule has 0 radical (unpaired) electrons. The number of hydrogen-bond acceptors (Lipinski definition) is 5. The van der Waals surface area contributed by atoms with Crippen molar-refractivity contribution in [3.8, 4) is 0 Å². The summed E-state index contributed by atoms with van der Waals surface area (Å²) < 4.78 is 5.59. The number of nitrogens with one attached hydrogen (secondary N) is 1. The minimum atomic E-state index is 0.469. The number of nitrogens with zero attached hydrogens (tertiary/aromatic N) is 3. The topological polar surface area (TPSA) is 44.5 Å². The van der Waals surface area contributed by atoms with Gasteiger partial charge in [0, 0.05) is 31.7 Å². The van der Waals surface area contributed by atoms with E-state index in [4.69, 9.17) is 4.42 Å². The molecule has 108 valence electrons. The van der Waals surface area contributed by atoms with Crippen LogP contribution in [0.3, 0.4) is 0 Å². The highest BCUT2D eigenvalue weighted by molar-refractivity contribution is 5.28. The van der Waals surface area contributed by atoms with Gasteiger partial charge in [-0.05, 0) is 26.9 Å². The van der Waals surface area contributed by atoms with E-state index in [0.29, 0.717) is 12.1 Å². The molecule has 19 heavy (non-hydrogen) atoms. The maximum Gasteiger partial charge on any atom is 0.297 e. The molecule has 1 aliphatic rings. The molecule has 2 rings (SSSR count). The molecule has 1 N–H and O–H groups in total. The first-order valence-corrected chi connectivity index (χ1v) is 7.15. The second-order valence-corrected chi connectivity index (χ2v) is 5.84. The quantitative estimate of drug-likeness (QED) is 0.879. The summed E-state index contributed by atoms with van der Waals surface area (Å²) in [6, 6.07) is 1.93. The van der Waals surface area contributed by atoms with Crippen LogP contribution in [-0.2, 0) is 6.54 Å². The van der Waals surface area contributed by atoms with Crippen LogP contribution in [0, 0.1) is 0 Å². The fourth-order valence-electron chi connectivity index (χ4n) is 2.40. The standard InChI is InChI=1S/C14H26N4O/c1-11(2)15-9-12-10-19-14(16-12)18-7-5-13(6-8-18)17(3)4/h10-11,13,15H,5-9H2,1-4H3. The van der Waals surface area contributed by atoms with Crippen molar-refractivity contribution in [1.82, 2.24) is 15.2 Å². The van der Waals surface area contributed by atoms with Crippen LogP contribution in [0.15, 0.2) is 10.7 Å². The maximum atomic E-state index is 5.59. The Morgan fingerprint density at radius 2 is 2.11 bits per heavy atom. The lowest BCUT2D eigenvalue weighted by Crippen LogP contribution is -2.42. The van der Waals surface area contributed by atoms with Crippen LogP contribution in [0.1, 0.15) is 32.4 Å². The molecule has 0 aliphatic carbocycles. The summed E-state index contributed by atoms with van der Waals surface area (Å²) >= 11 is 0. The normalized spacial score (nSPS) is 17.7. The predicted octanol–water partition coefficient (Wildman–Crippen LogP) is 1.70. The van der Waals surface area contributed by atoms with E-state index in [1.165, 1.54) is 12.8 Å². The van der Waals surface area contributed by atoms with E-state index in [1.807, 2.05) is 0 Å². The predicted molar refractivity (Wildman–Crippen MR) is 77.4 cm³/mol. The van der Waals surface area contributed by atoms with Crippen LogP contribution in [0.4, 0.5) is 6.01 Å². The van der Waals surface area contributed by atoms with Crippen LogP contribution in [0.5, 0.6) is 0 Å². The number of rotatable bonds is 5. The molecule has 0 amide bonds. The minimum Gasteiger partial charge on any atom is -0.432 e. The Bertz CT molecular complexity index is 381. The Morgan fingerprint density at radius 3 is 2.68 bits per heavy atom. The van der Waals surface area contributed by atoms with Crippen molar-refractivity contribution in [2.45, 2.75) is 45.3 Å². The molecule has 5 nitrogen and oxygen atoms in total. The molecule has 1 aromatic rings. The van der Waals surface area contributed by atoms with Gasteiger partial charge in [-0.3, -0.25) is 0 Å². The SMILES string of the molecule is CC(C)NCc1coc(N2CCC(N(C)C)CC2)n1. The lowest BCUT2D eigenvalue weighted by molar-refractivity contribution is 0.246. The average Bonchev–Trinajstić information content (AvgIpc) is 2.85. The van der Waals surface area contributed by atoms with Gasteiger partial charge in [0.1, 0.15) is 6.26 Å². The lowest BCUT2D eigenvalue weighted by Gasteiger charge is -2.34. The molecule has 0 aromatic carbocycles. The van der Waals surface area contributed by atoms with E-state index in [-0.39, 0.29) is 0 Å². The van der Waals surface area contributed by atoms with Crippen molar-refractivity contribution < 1.29 is 4.42 Å². The Kier molecular flexibility index (Phi) is 4.82. The molecule has 1 fully saturated rings. The first-order chi connectivity index (χ1) is 9.06. The average molecular weight is 266 g/mol. The van der Waals surface area contributed by atoms with Gasteiger partial charge in [0.25, 0.3) is 6.01 Å². The summed E-state index contributed by atoms with van der Waals surface area (Å²) in [7, 11) is 4.31. The molecule has 1 aliphatic heterocycles. The molecule has 5 heteroatoms. The number of anilines is 1. The largest absolute Gasteiger partial charge is 0.432 e. The van der Waals surface area contributed by atoms with Gasteiger partial charge in [-0.2, -0.15) is 4.98 Å². The van der Waals surface area contributed by atoms with Crippen molar-refractivity contribution >= 4 is 6.01 Å². The molecule has 2 heterocycles. The van der Waals surface area contributed by atoms with Gasteiger partial charge in [0.05, 0.1) is 5.69 Å². The summed E-state index contributed by atoms with van der Waals surface area (Å²) in [5.74, 6) is 0. The highest BCUT2D eigenvalue weighted by Crippen LogP contribution is 2.21. The first kappa shape index (κ1) is 14.3. The summed E-state index contributed by atoms with van der Waals surface area (Å²) in [5, 5.41) is 3.35. The lowest BCUT2D eigenvalue weighted by atomic mass is 10.0. The zero-order chi connectivity index (χ0) is 13.8. The maximum absolute atomic E-state index is 5.59. The number of piperidine rings is 1. The van der Waals surface area contributed by atoms with Crippen molar-refractivity contribution in [2.75, 3.05) is 32.1 Å². The summed E-state index contributed by atoms with van der Waals surface area (Å²) in [6.07, 6.45) is 4.12. The summed E-state index contributed by atoms with van der Waals surface area (Å²) in [4.78, 5) is 9.12. The van der Waals surface area contributed by atoms with Gasteiger partial charge in [-0.25, -0.2) is 0 Å². The summed E-state index contributed by atoms with van der Waals surface area (Å²) in [5.41, 5.74) is 0.985. The Balaban J connectivity index is 1.86. The fraction of sp³-hybridized carbons (Fsp3) is 0.786. The smallest absolute Gasteiger partial charge is 0.297 e. The summed E-state index contributed by atoms with van der Waals surface area (Å²) in [6.45, 7) is 7.09. The van der Waals surface area contributed by atoms with E-state index in [2.05, 4.69) is 48.0 Å². The molecule has 0 spiro atoms. The van der Waals surface area contributed by atoms with Crippen molar-refractivity contribution in [2.24, 2.45) is 0 Å². The molecule has 0 atom stereocenters. The highest BCUT2D eigenvalue weighted by Gasteiger charge is 2.23. The van der Waals surface area contributed by atoms with Gasteiger partial charge < -0.3 is 19.5 Å². The number of aromatic nitrogens is 1. The van der Waals surface area contributed by atoms with Crippen molar-refractivity contribution in [3.63, 3.8) is 0 Å². The monoisotopic (exact) mass is 266 g/mol. The van der Waals surface area contributed by atoms with Crippen molar-refractivity contribution in [1.29, 1.82) is 0 Å². The third kappa shape index (κ3) is 3.94. The first-order valence-electron chi connectivity index (χ1n) is 7.15. The van der Waals surface area contributed by atoms with Gasteiger partial charge in [0.2, 0.25) is 0 Å². The molecular formula is C14H26N4O. The third-order valence-corrected chi connectivity index (χ3v) is 3.70.